The molecule has 0 bridgehead atoms. The third-order valence-electron chi connectivity index (χ3n) is 4.53. The van der Waals surface area contributed by atoms with Crippen LogP contribution in [0.25, 0.3) is 0 Å². The summed E-state index contributed by atoms with van der Waals surface area (Å²) in [4.78, 5) is 53.7. The molecule has 1 atom stereocenters. The molecule has 2 heterocycles. The van der Waals surface area contributed by atoms with Crippen molar-refractivity contribution >= 4 is 23.4 Å². The molecule has 1 aliphatic rings. The lowest BCUT2D eigenvalue weighted by Gasteiger charge is -2.32. The zero-order chi connectivity index (χ0) is 19.4. The van der Waals surface area contributed by atoms with E-state index in [2.05, 4.69) is 10.3 Å². The lowest BCUT2D eigenvalue weighted by molar-refractivity contribution is 0.0668. The van der Waals surface area contributed by atoms with E-state index in [0.29, 0.717) is 30.2 Å². The third-order valence-corrected chi connectivity index (χ3v) is 4.86. The van der Waals surface area contributed by atoms with E-state index >= 15 is 0 Å². The number of benzene rings is 1. The summed E-state index contributed by atoms with van der Waals surface area (Å²) >= 11 is 6.03. The maximum absolute atomic E-state index is 12.6. The summed E-state index contributed by atoms with van der Waals surface area (Å²) in [7, 11) is 0. The Labute approximate surface area is 159 Å². The Bertz CT molecular complexity index is 968. The normalized spacial score (nSPS) is 16.8. The van der Waals surface area contributed by atoms with Crippen molar-refractivity contribution in [1.29, 1.82) is 0 Å². The number of aromatic amines is 2. The zero-order valence-corrected chi connectivity index (χ0v) is 15.2. The van der Waals surface area contributed by atoms with Gasteiger partial charge in [-0.1, -0.05) is 23.7 Å². The molecule has 1 aliphatic heterocycles. The van der Waals surface area contributed by atoms with Gasteiger partial charge >= 0.3 is 5.69 Å². The van der Waals surface area contributed by atoms with E-state index in [1.54, 1.807) is 29.2 Å². The SMILES string of the molecule is O=C(NCC1CCCN(C(=O)c2c[nH]c(=O)[nH]c2=O)C1)c1ccccc1Cl. The van der Waals surface area contributed by atoms with Gasteiger partial charge in [0.25, 0.3) is 17.4 Å². The number of nitrogens with one attached hydrogen (secondary N) is 3. The van der Waals surface area contributed by atoms with Crippen molar-refractivity contribution in [3.05, 3.63) is 67.4 Å². The molecule has 3 N–H and O–H groups in total. The molecule has 1 unspecified atom stereocenters. The van der Waals surface area contributed by atoms with E-state index < -0.39 is 17.2 Å². The first kappa shape index (κ1) is 18.9. The summed E-state index contributed by atoms with van der Waals surface area (Å²) in [5.74, 6) is -0.633. The van der Waals surface area contributed by atoms with Gasteiger partial charge in [0.05, 0.1) is 10.6 Å². The van der Waals surface area contributed by atoms with Crippen LogP contribution in [0, 0.1) is 5.92 Å². The van der Waals surface area contributed by atoms with Crippen molar-refractivity contribution in [2.45, 2.75) is 12.8 Å². The predicted octanol–water partition coefficient (Wildman–Crippen LogP) is 0.999. The van der Waals surface area contributed by atoms with Crippen LogP contribution in [-0.4, -0.2) is 46.3 Å². The topological polar surface area (TPSA) is 115 Å². The number of rotatable bonds is 4. The van der Waals surface area contributed by atoms with E-state index in [1.165, 1.54) is 0 Å². The van der Waals surface area contributed by atoms with Gasteiger partial charge in [0.15, 0.2) is 0 Å². The maximum atomic E-state index is 12.6. The van der Waals surface area contributed by atoms with Gasteiger partial charge in [0.2, 0.25) is 0 Å². The van der Waals surface area contributed by atoms with E-state index in [9.17, 15) is 19.2 Å². The number of likely N-dealkylation sites (tertiary alicyclic amines) is 1. The number of hydrogen-bond donors (Lipinski definition) is 3. The van der Waals surface area contributed by atoms with Crippen molar-refractivity contribution in [3.8, 4) is 0 Å². The molecule has 9 heteroatoms. The highest BCUT2D eigenvalue weighted by molar-refractivity contribution is 6.33. The van der Waals surface area contributed by atoms with Gasteiger partial charge in [0.1, 0.15) is 5.56 Å². The van der Waals surface area contributed by atoms with Crippen LogP contribution in [0.15, 0.2) is 40.1 Å². The number of amides is 2. The second-order valence-electron chi connectivity index (χ2n) is 6.43. The van der Waals surface area contributed by atoms with Crippen LogP contribution in [0.3, 0.4) is 0 Å². The number of halogens is 1. The van der Waals surface area contributed by atoms with E-state index in [4.69, 9.17) is 11.6 Å². The maximum Gasteiger partial charge on any atom is 0.325 e. The van der Waals surface area contributed by atoms with Gasteiger partial charge in [-0.3, -0.25) is 19.4 Å². The molecule has 1 aromatic heterocycles. The first-order chi connectivity index (χ1) is 13.0. The molecule has 8 nitrogen and oxygen atoms in total. The Morgan fingerprint density at radius 1 is 1.22 bits per heavy atom. The Kier molecular flexibility index (Phi) is 5.75. The van der Waals surface area contributed by atoms with Crippen LogP contribution in [0.5, 0.6) is 0 Å². The average molecular weight is 391 g/mol. The zero-order valence-electron chi connectivity index (χ0n) is 14.5. The molecule has 3 rings (SSSR count). The number of hydrogen-bond acceptors (Lipinski definition) is 4. The van der Waals surface area contributed by atoms with Gasteiger partial charge in [-0.25, -0.2) is 4.79 Å². The largest absolute Gasteiger partial charge is 0.352 e. The standard InChI is InChI=1S/C18H19ClN4O4/c19-14-6-2-1-5-12(14)15(24)20-8-11-4-3-7-23(10-11)17(26)13-9-21-18(27)22-16(13)25/h1-2,5-6,9,11H,3-4,7-8,10H2,(H,20,24)(H2,21,22,25,27). The van der Waals surface area contributed by atoms with Crippen LogP contribution in [0.2, 0.25) is 5.02 Å². The quantitative estimate of drug-likeness (QED) is 0.722. The molecule has 0 saturated carbocycles. The van der Waals surface area contributed by atoms with Crippen molar-refractivity contribution in [2.75, 3.05) is 19.6 Å². The fourth-order valence-corrected chi connectivity index (χ4v) is 3.35. The molecular formula is C18H19ClN4O4. The van der Waals surface area contributed by atoms with E-state index in [0.717, 1.165) is 19.0 Å². The summed E-state index contributed by atoms with van der Waals surface area (Å²) in [6, 6.07) is 6.79. The second kappa shape index (κ2) is 8.22. The van der Waals surface area contributed by atoms with Gasteiger partial charge in [0, 0.05) is 25.8 Å². The smallest absolute Gasteiger partial charge is 0.325 e. The first-order valence-corrected chi connectivity index (χ1v) is 8.97. The number of H-pyrrole nitrogens is 2. The molecule has 142 valence electrons. The predicted molar refractivity (Wildman–Crippen MR) is 100 cm³/mol. The highest BCUT2D eigenvalue weighted by atomic mass is 35.5. The number of aromatic nitrogens is 2. The molecule has 1 fully saturated rings. The molecular weight excluding hydrogens is 372 g/mol. The monoisotopic (exact) mass is 390 g/mol. The molecule has 27 heavy (non-hydrogen) atoms. The van der Waals surface area contributed by atoms with Crippen LogP contribution >= 0.6 is 11.6 Å². The molecule has 0 spiro atoms. The van der Waals surface area contributed by atoms with Crippen LogP contribution in [-0.2, 0) is 0 Å². The second-order valence-corrected chi connectivity index (χ2v) is 6.84. The van der Waals surface area contributed by atoms with Gasteiger partial charge in [-0.05, 0) is 30.9 Å². The molecule has 1 saturated heterocycles. The first-order valence-electron chi connectivity index (χ1n) is 8.59. The van der Waals surface area contributed by atoms with E-state index in [-0.39, 0.29) is 17.4 Å². The van der Waals surface area contributed by atoms with Crippen molar-refractivity contribution in [3.63, 3.8) is 0 Å². The number of nitrogens with zero attached hydrogens (tertiary/aromatic N) is 1. The number of carbonyl (C=O) groups excluding carboxylic acids is 2. The summed E-state index contributed by atoms with van der Waals surface area (Å²) in [5, 5.41) is 3.23. The van der Waals surface area contributed by atoms with Gasteiger partial charge in [-0.2, -0.15) is 0 Å². The van der Waals surface area contributed by atoms with E-state index in [1.807, 2.05) is 4.98 Å². The van der Waals surface area contributed by atoms with Crippen molar-refractivity contribution in [2.24, 2.45) is 5.92 Å². The van der Waals surface area contributed by atoms with Crippen molar-refractivity contribution < 1.29 is 9.59 Å². The number of carbonyl (C=O) groups is 2. The van der Waals surface area contributed by atoms with Gasteiger partial charge in [-0.15, -0.1) is 0 Å². The molecule has 2 amide bonds. The minimum atomic E-state index is -0.710. The highest BCUT2D eigenvalue weighted by Crippen LogP contribution is 2.18. The Morgan fingerprint density at radius 3 is 2.74 bits per heavy atom. The fourth-order valence-electron chi connectivity index (χ4n) is 3.13. The lowest BCUT2D eigenvalue weighted by Crippen LogP contribution is -2.45. The van der Waals surface area contributed by atoms with Crippen molar-refractivity contribution in [1.82, 2.24) is 20.2 Å². The summed E-state index contributed by atoms with van der Waals surface area (Å²) in [6.45, 7) is 1.34. The van der Waals surface area contributed by atoms with Crippen LogP contribution in [0.1, 0.15) is 33.6 Å². The third kappa shape index (κ3) is 4.46. The summed E-state index contributed by atoms with van der Waals surface area (Å²) in [5.41, 5.74) is -1.06. The molecule has 1 aromatic carbocycles. The highest BCUT2D eigenvalue weighted by Gasteiger charge is 2.26. The lowest BCUT2D eigenvalue weighted by atomic mass is 9.97. The Balaban J connectivity index is 1.61. The summed E-state index contributed by atoms with van der Waals surface area (Å²) < 4.78 is 0. The fraction of sp³-hybridized carbons (Fsp3) is 0.333. The molecule has 0 aliphatic carbocycles. The Hall–Kier alpha value is -2.87. The Morgan fingerprint density at radius 2 is 2.00 bits per heavy atom. The number of piperidine rings is 1. The average Bonchev–Trinajstić information content (AvgIpc) is 2.66. The minimum absolute atomic E-state index is 0.0657. The van der Waals surface area contributed by atoms with Gasteiger partial charge < -0.3 is 15.2 Å². The van der Waals surface area contributed by atoms with Crippen LogP contribution < -0.4 is 16.6 Å². The molecule has 2 aromatic rings. The summed E-state index contributed by atoms with van der Waals surface area (Å²) in [6.07, 6.45) is 2.75. The minimum Gasteiger partial charge on any atom is -0.352 e. The molecule has 0 radical (unpaired) electrons. The van der Waals surface area contributed by atoms with Crippen LogP contribution in [0.4, 0.5) is 0 Å².